The first-order chi connectivity index (χ1) is 16.5. The first-order valence-electron chi connectivity index (χ1n) is 12.0. The molecule has 7 heteroatoms. The standard InChI is InChI=1S/C27H34N4O3/c1-3-5-13-19-30(23-24(28)31(18-6-4-2)27(34)29-25(23)32)26(33)22(20-14-9-7-10-15-20)21-16-11-8-12-17-21/h7-12,14-17,22H,3-6,13,18-19,28H2,1-2H3,(H,29,32,34). The summed E-state index contributed by atoms with van der Waals surface area (Å²) in [4.78, 5) is 43.5. The largest absolute Gasteiger partial charge is 0.383 e. The lowest BCUT2D eigenvalue weighted by Gasteiger charge is -2.29. The highest BCUT2D eigenvalue weighted by atomic mass is 16.2. The zero-order valence-corrected chi connectivity index (χ0v) is 20.0. The van der Waals surface area contributed by atoms with E-state index in [2.05, 4.69) is 11.9 Å². The third kappa shape index (κ3) is 5.65. The van der Waals surface area contributed by atoms with E-state index in [1.54, 1.807) is 0 Å². The number of rotatable bonds is 11. The summed E-state index contributed by atoms with van der Waals surface area (Å²) in [6.07, 6.45) is 4.17. The van der Waals surface area contributed by atoms with Crippen LogP contribution in [0.25, 0.3) is 0 Å². The van der Waals surface area contributed by atoms with Crippen molar-refractivity contribution in [3.8, 4) is 0 Å². The number of amides is 1. The Labute approximate surface area is 200 Å². The number of nitrogens with two attached hydrogens (primary N) is 1. The highest BCUT2D eigenvalue weighted by molar-refractivity contribution is 6.01. The third-order valence-electron chi connectivity index (χ3n) is 5.98. The Kier molecular flexibility index (Phi) is 8.85. The number of carbonyl (C=O) groups is 1. The number of aromatic amines is 1. The molecule has 0 aliphatic rings. The van der Waals surface area contributed by atoms with Gasteiger partial charge in [0.2, 0.25) is 5.91 Å². The van der Waals surface area contributed by atoms with E-state index in [1.165, 1.54) is 9.47 Å². The van der Waals surface area contributed by atoms with E-state index in [0.717, 1.165) is 36.8 Å². The van der Waals surface area contributed by atoms with Crippen molar-refractivity contribution in [2.45, 2.75) is 58.4 Å². The fourth-order valence-electron chi connectivity index (χ4n) is 4.15. The van der Waals surface area contributed by atoms with E-state index in [4.69, 9.17) is 5.73 Å². The zero-order valence-electron chi connectivity index (χ0n) is 20.0. The van der Waals surface area contributed by atoms with Crippen LogP contribution >= 0.6 is 0 Å². The van der Waals surface area contributed by atoms with E-state index in [0.29, 0.717) is 19.5 Å². The Morgan fingerprint density at radius 1 is 0.912 bits per heavy atom. The number of benzene rings is 2. The maximum atomic E-state index is 14.2. The predicted octanol–water partition coefficient (Wildman–Crippen LogP) is 4.27. The summed E-state index contributed by atoms with van der Waals surface area (Å²) in [7, 11) is 0. The van der Waals surface area contributed by atoms with Gasteiger partial charge in [-0.1, -0.05) is 93.8 Å². The molecule has 0 radical (unpaired) electrons. The Bertz CT molecular complexity index is 1150. The quantitative estimate of drug-likeness (QED) is 0.415. The molecule has 0 aliphatic carbocycles. The zero-order chi connectivity index (χ0) is 24.5. The number of hydrogen-bond donors (Lipinski definition) is 2. The Morgan fingerprint density at radius 3 is 2.00 bits per heavy atom. The normalized spacial score (nSPS) is 11.0. The number of H-pyrrole nitrogens is 1. The summed E-state index contributed by atoms with van der Waals surface area (Å²) in [5, 5.41) is 0. The average molecular weight is 463 g/mol. The third-order valence-corrected chi connectivity index (χ3v) is 5.98. The summed E-state index contributed by atoms with van der Waals surface area (Å²) in [6.45, 7) is 4.80. The van der Waals surface area contributed by atoms with Gasteiger partial charge in [-0.2, -0.15) is 0 Å². The maximum absolute atomic E-state index is 14.2. The molecule has 1 amide bonds. The number of unbranched alkanes of at least 4 members (excludes halogenated alkanes) is 3. The van der Waals surface area contributed by atoms with Crippen LogP contribution < -0.4 is 21.9 Å². The second-order valence-electron chi connectivity index (χ2n) is 8.45. The van der Waals surface area contributed by atoms with Crippen molar-refractivity contribution in [1.82, 2.24) is 9.55 Å². The highest BCUT2D eigenvalue weighted by Gasteiger charge is 2.31. The second kappa shape index (κ2) is 12.0. The maximum Gasteiger partial charge on any atom is 0.330 e. The molecule has 1 aromatic heterocycles. The van der Waals surface area contributed by atoms with Crippen molar-refractivity contribution in [1.29, 1.82) is 0 Å². The molecule has 0 bridgehead atoms. The topological polar surface area (TPSA) is 101 Å². The highest BCUT2D eigenvalue weighted by Crippen LogP contribution is 2.30. The van der Waals surface area contributed by atoms with Gasteiger partial charge in [0.1, 0.15) is 5.82 Å². The van der Waals surface area contributed by atoms with E-state index in [-0.39, 0.29) is 17.4 Å². The Hall–Kier alpha value is -3.61. The van der Waals surface area contributed by atoms with Crippen molar-refractivity contribution in [3.63, 3.8) is 0 Å². The minimum Gasteiger partial charge on any atom is -0.383 e. The lowest BCUT2D eigenvalue weighted by atomic mass is 9.89. The van der Waals surface area contributed by atoms with Crippen molar-refractivity contribution in [2.24, 2.45) is 0 Å². The number of nitrogens with one attached hydrogen (secondary N) is 1. The molecule has 1 heterocycles. The van der Waals surface area contributed by atoms with Gasteiger partial charge in [-0.25, -0.2) is 4.79 Å². The Morgan fingerprint density at radius 2 is 1.47 bits per heavy atom. The van der Waals surface area contributed by atoms with Gasteiger partial charge < -0.3 is 10.6 Å². The molecule has 3 rings (SSSR count). The van der Waals surface area contributed by atoms with Gasteiger partial charge in [0, 0.05) is 13.1 Å². The van der Waals surface area contributed by atoms with Crippen LogP contribution in [0.2, 0.25) is 0 Å². The molecule has 0 atom stereocenters. The van der Waals surface area contributed by atoms with Crippen molar-refractivity contribution >= 4 is 17.4 Å². The van der Waals surface area contributed by atoms with Gasteiger partial charge in [0.05, 0.1) is 5.92 Å². The summed E-state index contributed by atoms with van der Waals surface area (Å²) >= 11 is 0. The summed E-state index contributed by atoms with van der Waals surface area (Å²) in [5.41, 5.74) is 6.91. The fourth-order valence-corrected chi connectivity index (χ4v) is 4.15. The van der Waals surface area contributed by atoms with Crippen molar-refractivity contribution < 1.29 is 4.79 Å². The molecule has 0 saturated carbocycles. The van der Waals surface area contributed by atoms with Crippen molar-refractivity contribution in [3.05, 3.63) is 92.6 Å². The monoisotopic (exact) mass is 462 g/mol. The number of nitrogen functional groups attached to an aromatic ring is 1. The van der Waals surface area contributed by atoms with E-state index in [9.17, 15) is 14.4 Å². The fraction of sp³-hybridized carbons (Fsp3) is 0.370. The average Bonchev–Trinajstić information content (AvgIpc) is 2.84. The molecule has 0 aliphatic heterocycles. The van der Waals surface area contributed by atoms with Gasteiger partial charge in [-0.3, -0.25) is 19.1 Å². The lowest BCUT2D eigenvalue weighted by molar-refractivity contribution is -0.119. The second-order valence-corrected chi connectivity index (χ2v) is 8.45. The predicted molar refractivity (Wildman–Crippen MR) is 137 cm³/mol. The lowest BCUT2D eigenvalue weighted by Crippen LogP contribution is -2.43. The van der Waals surface area contributed by atoms with Gasteiger partial charge >= 0.3 is 5.69 Å². The molecular formula is C27H34N4O3. The SMILES string of the molecule is CCCCCN(C(=O)C(c1ccccc1)c1ccccc1)c1c(N)n(CCCC)c(=O)[nH]c1=O. The number of anilines is 2. The summed E-state index contributed by atoms with van der Waals surface area (Å²) < 4.78 is 1.36. The Balaban J connectivity index is 2.16. The van der Waals surface area contributed by atoms with E-state index >= 15 is 0 Å². The molecule has 3 N–H and O–H groups in total. The van der Waals surface area contributed by atoms with E-state index < -0.39 is 17.2 Å². The molecule has 0 saturated heterocycles. The first kappa shape index (κ1) is 25.0. The minimum absolute atomic E-state index is 0.0342. The van der Waals surface area contributed by atoms with Crippen LogP contribution in [0.5, 0.6) is 0 Å². The number of aromatic nitrogens is 2. The molecule has 2 aromatic carbocycles. The molecule has 180 valence electrons. The van der Waals surface area contributed by atoms with Crippen LogP contribution in [0.3, 0.4) is 0 Å². The van der Waals surface area contributed by atoms with Crippen LogP contribution in [0.15, 0.2) is 70.3 Å². The van der Waals surface area contributed by atoms with E-state index in [1.807, 2.05) is 67.6 Å². The number of carbonyl (C=O) groups excluding carboxylic acids is 1. The van der Waals surface area contributed by atoms with Crippen LogP contribution in [-0.2, 0) is 11.3 Å². The number of hydrogen-bond acceptors (Lipinski definition) is 4. The van der Waals surface area contributed by atoms with Gasteiger partial charge in [0.25, 0.3) is 5.56 Å². The van der Waals surface area contributed by atoms with Crippen molar-refractivity contribution in [2.75, 3.05) is 17.2 Å². The van der Waals surface area contributed by atoms with Crippen LogP contribution in [0.1, 0.15) is 63.0 Å². The molecule has 0 fully saturated rings. The molecule has 0 spiro atoms. The minimum atomic E-state index is -0.639. The molecule has 0 unspecified atom stereocenters. The smallest absolute Gasteiger partial charge is 0.330 e. The van der Waals surface area contributed by atoms with Gasteiger partial charge in [-0.15, -0.1) is 0 Å². The summed E-state index contributed by atoms with van der Waals surface area (Å²) in [6, 6.07) is 19.0. The molecule has 3 aromatic rings. The van der Waals surface area contributed by atoms with Crippen LogP contribution in [0, 0.1) is 0 Å². The molecule has 34 heavy (non-hydrogen) atoms. The van der Waals surface area contributed by atoms with Crippen LogP contribution in [0.4, 0.5) is 11.5 Å². The summed E-state index contributed by atoms with van der Waals surface area (Å²) in [5.74, 6) is -0.822. The molecule has 7 nitrogen and oxygen atoms in total. The van der Waals surface area contributed by atoms with Gasteiger partial charge in [-0.05, 0) is 24.0 Å². The van der Waals surface area contributed by atoms with Gasteiger partial charge in [0.15, 0.2) is 5.69 Å². The first-order valence-corrected chi connectivity index (χ1v) is 12.0. The molecular weight excluding hydrogens is 428 g/mol. The van der Waals surface area contributed by atoms with Crippen LogP contribution in [-0.4, -0.2) is 22.0 Å². The number of nitrogens with zero attached hydrogens (tertiary/aromatic N) is 2.